The fourth-order valence-electron chi connectivity index (χ4n) is 4.02. The number of carbonyl (C=O) groups excluding carboxylic acids is 2. The minimum absolute atomic E-state index is 0.0509. The van der Waals surface area contributed by atoms with Crippen molar-refractivity contribution in [2.24, 2.45) is 0 Å². The molecule has 1 fully saturated rings. The van der Waals surface area contributed by atoms with Crippen LogP contribution in [0, 0.1) is 3.57 Å². The van der Waals surface area contributed by atoms with Crippen molar-refractivity contribution in [2.45, 2.75) is 57.5 Å². The number of carbonyl (C=O) groups is 2. The normalized spacial score (nSPS) is 14.8. The van der Waals surface area contributed by atoms with E-state index in [4.69, 9.17) is 4.74 Å². The quantitative estimate of drug-likeness (QED) is 0.455. The molecule has 0 saturated heterocycles. The van der Waals surface area contributed by atoms with E-state index in [2.05, 4.69) is 27.9 Å². The molecule has 1 atom stereocenters. The summed E-state index contributed by atoms with van der Waals surface area (Å²) in [5, 5.41) is 3.17. The van der Waals surface area contributed by atoms with Gasteiger partial charge in [0.1, 0.15) is 11.8 Å². The zero-order chi connectivity index (χ0) is 22.1. The summed E-state index contributed by atoms with van der Waals surface area (Å²) in [4.78, 5) is 27.9. The van der Waals surface area contributed by atoms with Gasteiger partial charge in [0.25, 0.3) is 5.91 Å². The number of nitrogens with zero attached hydrogens (tertiary/aromatic N) is 1. The third-order valence-electron chi connectivity index (χ3n) is 5.75. The molecule has 0 bridgehead atoms. The maximum atomic E-state index is 13.2. The Kier molecular flexibility index (Phi) is 9.18. The van der Waals surface area contributed by atoms with Crippen LogP contribution in [0.5, 0.6) is 5.75 Å². The van der Waals surface area contributed by atoms with Gasteiger partial charge in [-0.25, -0.2) is 0 Å². The van der Waals surface area contributed by atoms with E-state index >= 15 is 0 Å². The topological polar surface area (TPSA) is 58.6 Å². The summed E-state index contributed by atoms with van der Waals surface area (Å²) < 4.78 is 6.84. The molecule has 2 amide bonds. The highest BCUT2D eigenvalue weighted by Crippen LogP contribution is 2.19. The van der Waals surface area contributed by atoms with Gasteiger partial charge in [-0.3, -0.25) is 9.59 Å². The van der Waals surface area contributed by atoms with Crippen LogP contribution >= 0.6 is 22.6 Å². The molecule has 0 radical (unpaired) electrons. The molecule has 5 nitrogen and oxygen atoms in total. The van der Waals surface area contributed by atoms with Gasteiger partial charge in [-0.1, -0.05) is 50.1 Å². The van der Waals surface area contributed by atoms with E-state index in [0.29, 0.717) is 25.1 Å². The van der Waals surface area contributed by atoms with Gasteiger partial charge >= 0.3 is 0 Å². The third-order valence-corrected chi connectivity index (χ3v) is 6.47. The van der Waals surface area contributed by atoms with Crippen molar-refractivity contribution in [3.63, 3.8) is 0 Å². The van der Waals surface area contributed by atoms with E-state index in [-0.39, 0.29) is 24.5 Å². The van der Waals surface area contributed by atoms with E-state index < -0.39 is 6.04 Å². The molecule has 1 unspecified atom stereocenters. The van der Waals surface area contributed by atoms with Crippen LogP contribution in [0.4, 0.5) is 0 Å². The molecule has 1 aliphatic carbocycles. The molecule has 2 aromatic carbocycles. The second-order valence-corrected chi connectivity index (χ2v) is 9.22. The summed E-state index contributed by atoms with van der Waals surface area (Å²) in [6.07, 6.45) is 5.63. The third kappa shape index (κ3) is 7.23. The van der Waals surface area contributed by atoms with Crippen molar-refractivity contribution in [1.29, 1.82) is 0 Å². The number of halogens is 1. The van der Waals surface area contributed by atoms with Gasteiger partial charge < -0.3 is 15.0 Å². The molecule has 2 aromatic rings. The van der Waals surface area contributed by atoms with Crippen LogP contribution in [0.25, 0.3) is 0 Å². The van der Waals surface area contributed by atoms with E-state index in [1.54, 1.807) is 4.90 Å². The predicted octanol–water partition coefficient (Wildman–Crippen LogP) is 4.58. The molecule has 1 aliphatic rings. The zero-order valence-corrected chi connectivity index (χ0v) is 20.2. The standard InChI is InChI=1S/C25H31IN2O3/c1-2-23(25(30)27-21-10-6-7-11-21)28(17-16-19-8-4-3-5-9-19)24(29)18-31-22-14-12-20(26)13-15-22/h3-5,8-9,12-15,21,23H,2,6-7,10-11,16-18H2,1H3,(H,27,30). The first kappa shape index (κ1) is 23.6. The number of hydrogen-bond donors (Lipinski definition) is 1. The second-order valence-electron chi connectivity index (χ2n) is 7.98. The molecule has 1 N–H and O–H groups in total. The molecular weight excluding hydrogens is 503 g/mol. The smallest absolute Gasteiger partial charge is 0.261 e. The van der Waals surface area contributed by atoms with Crippen molar-refractivity contribution in [3.8, 4) is 5.75 Å². The molecule has 3 rings (SSSR count). The first-order chi connectivity index (χ1) is 15.1. The Morgan fingerprint density at radius 2 is 1.77 bits per heavy atom. The van der Waals surface area contributed by atoms with Crippen LogP contribution in [0.3, 0.4) is 0 Å². The van der Waals surface area contributed by atoms with E-state index in [1.165, 1.54) is 0 Å². The van der Waals surface area contributed by atoms with Crippen LogP contribution in [0.2, 0.25) is 0 Å². The fourth-order valence-corrected chi connectivity index (χ4v) is 4.38. The Labute approximate surface area is 198 Å². The number of ether oxygens (including phenoxy) is 1. The summed E-state index contributed by atoms with van der Waals surface area (Å²) in [5.74, 6) is 0.438. The molecule has 0 spiro atoms. The highest BCUT2D eigenvalue weighted by molar-refractivity contribution is 14.1. The Morgan fingerprint density at radius 1 is 1.10 bits per heavy atom. The Morgan fingerprint density at radius 3 is 2.42 bits per heavy atom. The van der Waals surface area contributed by atoms with Crippen molar-refractivity contribution in [3.05, 3.63) is 63.7 Å². The fraction of sp³-hybridized carbons (Fsp3) is 0.440. The van der Waals surface area contributed by atoms with Gasteiger partial charge in [0.15, 0.2) is 6.61 Å². The van der Waals surface area contributed by atoms with Gasteiger partial charge in [-0.2, -0.15) is 0 Å². The second kappa shape index (κ2) is 12.1. The first-order valence-corrected chi connectivity index (χ1v) is 12.2. The average Bonchev–Trinajstić information content (AvgIpc) is 3.29. The van der Waals surface area contributed by atoms with Gasteiger partial charge in [0.05, 0.1) is 0 Å². The lowest BCUT2D eigenvalue weighted by molar-refractivity contribution is -0.142. The van der Waals surface area contributed by atoms with Crippen LogP contribution in [-0.2, 0) is 16.0 Å². The lowest BCUT2D eigenvalue weighted by Gasteiger charge is -2.31. The summed E-state index contributed by atoms with van der Waals surface area (Å²) in [7, 11) is 0. The number of hydrogen-bond acceptors (Lipinski definition) is 3. The SMILES string of the molecule is CCC(C(=O)NC1CCCC1)N(CCc1ccccc1)C(=O)COc1ccc(I)cc1. The lowest BCUT2D eigenvalue weighted by Crippen LogP contribution is -2.52. The Hall–Kier alpha value is -2.09. The van der Waals surface area contributed by atoms with Gasteiger partial charge in [0, 0.05) is 16.2 Å². The number of nitrogens with one attached hydrogen (secondary N) is 1. The number of benzene rings is 2. The highest BCUT2D eigenvalue weighted by Gasteiger charge is 2.30. The van der Waals surface area contributed by atoms with Crippen molar-refractivity contribution >= 4 is 34.4 Å². The number of amides is 2. The van der Waals surface area contributed by atoms with E-state index in [9.17, 15) is 9.59 Å². The highest BCUT2D eigenvalue weighted by atomic mass is 127. The summed E-state index contributed by atoms with van der Waals surface area (Å²) >= 11 is 2.23. The van der Waals surface area contributed by atoms with Crippen molar-refractivity contribution in [1.82, 2.24) is 10.2 Å². The number of rotatable bonds is 10. The molecular formula is C25H31IN2O3. The minimum Gasteiger partial charge on any atom is -0.484 e. The van der Waals surface area contributed by atoms with Crippen LogP contribution in [0.1, 0.15) is 44.6 Å². The van der Waals surface area contributed by atoms with E-state index in [1.807, 2.05) is 61.5 Å². The molecule has 31 heavy (non-hydrogen) atoms. The maximum Gasteiger partial charge on any atom is 0.261 e. The van der Waals surface area contributed by atoms with Gasteiger partial charge in [-0.15, -0.1) is 0 Å². The predicted molar refractivity (Wildman–Crippen MR) is 131 cm³/mol. The molecule has 166 valence electrons. The summed E-state index contributed by atoms with van der Waals surface area (Å²) in [6.45, 7) is 2.36. The van der Waals surface area contributed by atoms with E-state index in [0.717, 1.165) is 34.8 Å². The molecule has 0 aromatic heterocycles. The van der Waals surface area contributed by atoms with Gasteiger partial charge in [0.2, 0.25) is 5.91 Å². The Balaban J connectivity index is 1.68. The minimum atomic E-state index is -0.489. The largest absolute Gasteiger partial charge is 0.484 e. The lowest BCUT2D eigenvalue weighted by atomic mass is 10.1. The van der Waals surface area contributed by atoms with Crippen molar-refractivity contribution in [2.75, 3.05) is 13.2 Å². The summed E-state index contributed by atoms with van der Waals surface area (Å²) in [5.41, 5.74) is 1.14. The zero-order valence-electron chi connectivity index (χ0n) is 18.1. The molecule has 6 heteroatoms. The van der Waals surface area contributed by atoms with Crippen LogP contribution in [0.15, 0.2) is 54.6 Å². The molecule has 1 saturated carbocycles. The maximum absolute atomic E-state index is 13.2. The van der Waals surface area contributed by atoms with Crippen molar-refractivity contribution < 1.29 is 14.3 Å². The van der Waals surface area contributed by atoms with Crippen LogP contribution in [-0.4, -0.2) is 41.9 Å². The summed E-state index contributed by atoms with van der Waals surface area (Å²) in [6, 6.07) is 17.4. The first-order valence-electron chi connectivity index (χ1n) is 11.1. The van der Waals surface area contributed by atoms with Gasteiger partial charge in [-0.05, 0) is 78.1 Å². The monoisotopic (exact) mass is 534 g/mol. The molecule has 0 aliphatic heterocycles. The Bertz CT molecular complexity index is 836. The van der Waals surface area contributed by atoms with Crippen LogP contribution < -0.4 is 10.1 Å². The molecule has 0 heterocycles. The average molecular weight is 534 g/mol.